The van der Waals surface area contributed by atoms with Gasteiger partial charge in [0.2, 0.25) is 5.76 Å². The van der Waals surface area contributed by atoms with Gasteiger partial charge in [-0.05, 0) is 37.2 Å². The Morgan fingerprint density at radius 2 is 2.28 bits per heavy atom. The van der Waals surface area contributed by atoms with E-state index in [1.54, 1.807) is 6.07 Å². The van der Waals surface area contributed by atoms with Gasteiger partial charge in [0.1, 0.15) is 0 Å². The molecule has 1 saturated carbocycles. The van der Waals surface area contributed by atoms with Gasteiger partial charge in [0.05, 0.1) is 6.26 Å². The monoisotopic (exact) mass is 251 g/mol. The highest BCUT2D eigenvalue weighted by atomic mass is 16.4. The van der Waals surface area contributed by atoms with Gasteiger partial charge in [-0.15, -0.1) is 0 Å². The first-order chi connectivity index (χ1) is 8.58. The van der Waals surface area contributed by atoms with E-state index in [0.29, 0.717) is 18.5 Å². The molecule has 0 bridgehead atoms. The van der Waals surface area contributed by atoms with E-state index in [0.717, 1.165) is 11.5 Å². The number of furan rings is 1. The van der Waals surface area contributed by atoms with Crippen molar-refractivity contribution in [3.05, 3.63) is 23.7 Å². The summed E-state index contributed by atoms with van der Waals surface area (Å²) in [6.07, 6.45) is 5.10. The smallest absolute Gasteiger partial charge is 0.372 e. The number of nitrogens with one attached hydrogen (secondary N) is 1. The second-order valence-corrected chi connectivity index (χ2v) is 5.46. The maximum Gasteiger partial charge on any atom is 0.372 e. The Morgan fingerprint density at radius 3 is 2.94 bits per heavy atom. The van der Waals surface area contributed by atoms with Crippen molar-refractivity contribution in [2.45, 2.75) is 45.7 Å². The lowest BCUT2D eigenvalue weighted by Gasteiger charge is -2.33. The SMILES string of the molecule is CC1CCC(NCc2ccoc2C(=O)O)C(C)C1. The number of hydrogen-bond acceptors (Lipinski definition) is 3. The minimum Gasteiger partial charge on any atom is -0.475 e. The largest absolute Gasteiger partial charge is 0.475 e. The molecule has 4 heteroatoms. The Morgan fingerprint density at radius 1 is 1.50 bits per heavy atom. The van der Waals surface area contributed by atoms with Gasteiger partial charge in [0.25, 0.3) is 0 Å². The quantitative estimate of drug-likeness (QED) is 0.863. The lowest BCUT2D eigenvalue weighted by molar-refractivity contribution is 0.0660. The van der Waals surface area contributed by atoms with Gasteiger partial charge in [-0.1, -0.05) is 13.8 Å². The van der Waals surface area contributed by atoms with Gasteiger partial charge in [-0.25, -0.2) is 4.79 Å². The zero-order chi connectivity index (χ0) is 13.1. The molecule has 3 unspecified atom stereocenters. The number of rotatable bonds is 4. The summed E-state index contributed by atoms with van der Waals surface area (Å²) in [5.74, 6) is 0.511. The highest BCUT2D eigenvalue weighted by Gasteiger charge is 2.25. The lowest BCUT2D eigenvalue weighted by atomic mass is 9.80. The van der Waals surface area contributed by atoms with Crippen LogP contribution in [0.1, 0.15) is 49.2 Å². The average molecular weight is 251 g/mol. The normalized spacial score (nSPS) is 28.2. The molecule has 1 heterocycles. The van der Waals surface area contributed by atoms with Gasteiger partial charge < -0.3 is 14.8 Å². The fraction of sp³-hybridized carbons (Fsp3) is 0.643. The van der Waals surface area contributed by atoms with Crippen molar-refractivity contribution in [1.82, 2.24) is 5.32 Å². The van der Waals surface area contributed by atoms with E-state index < -0.39 is 5.97 Å². The minimum atomic E-state index is -0.998. The van der Waals surface area contributed by atoms with Crippen molar-refractivity contribution in [1.29, 1.82) is 0 Å². The van der Waals surface area contributed by atoms with Crippen LogP contribution in [0.15, 0.2) is 16.7 Å². The van der Waals surface area contributed by atoms with E-state index in [9.17, 15) is 4.79 Å². The number of carboxylic acid groups (broad SMARTS) is 1. The van der Waals surface area contributed by atoms with Crippen LogP contribution in [0.25, 0.3) is 0 Å². The average Bonchev–Trinajstić information content (AvgIpc) is 2.76. The third kappa shape index (κ3) is 2.93. The summed E-state index contributed by atoms with van der Waals surface area (Å²) in [5, 5.41) is 12.4. The van der Waals surface area contributed by atoms with E-state index in [2.05, 4.69) is 19.2 Å². The molecule has 100 valence electrons. The second-order valence-electron chi connectivity index (χ2n) is 5.46. The zero-order valence-corrected chi connectivity index (χ0v) is 11.0. The van der Waals surface area contributed by atoms with Gasteiger partial charge in [0, 0.05) is 18.2 Å². The highest BCUT2D eigenvalue weighted by molar-refractivity contribution is 5.86. The van der Waals surface area contributed by atoms with Crippen LogP contribution < -0.4 is 5.32 Å². The summed E-state index contributed by atoms with van der Waals surface area (Å²) in [6, 6.07) is 2.21. The van der Waals surface area contributed by atoms with Crippen LogP contribution in [0.2, 0.25) is 0 Å². The fourth-order valence-electron chi connectivity index (χ4n) is 2.87. The number of carboxylic acids is 1. The molecule has 18 heavy (non-hydrogen) atoms. The molecule has 0 aromatic carbocycles. The zero-order valence-electron chi connectivity index (χ0n) is 11.0. The molecule has 0 saturated heterocycles. The third-order valence-corrected chi connectivity index (χ3v) is 3.93. The molecule has 1 aliphatic rings. The van der Waals surface area contributed by atoms with Crippen LogP contribution in [0.5, 0.6) is 0 Å². The summed E-state index contributed by atoms with van der Waals surface area (Å²) in [5.41, 5.74) is 0.730. The van der Waals surface area contributed by atoms with E-state index in [1.807, 2.05) is 0 Å². The second kappa shape index (κ2) is 5.57. The van der Waals surface area contributed by atoms with Gasteiger partial charge >= 0.3 is 5.97 Å². The van der Waals surface area contributed by atoms with Crippen LogP contribution in [-0.2, 0) is 6.54 Å². The molecule has 1 aromatic heterocycles. The molecule has 1 aliphatic carbocycles. The first-order valence-electron chi connectivity index (χ1n) is 6.61. The summed E-state index contributed by atoms with van der Waals surface area (Å²) >= 11 is 0. The maximum atomic E-state index is 10.9. The van der Waals surface area contributed by atoms with E-state index in [1.165, 1.54) is 25.5 Å². The summed E-state index contributed by atoms with van der Waals surface area (Å²) in [6.45, 7) is 5.13. The van der Waals surface area contributed by atoms with E-state index in [-0.39, 0.29) is 5.76 Å². The van der Waals surface area contributed by atoms with Crippen molar-refractivity contribution in [2.75, 3.05) is 0 Å². The molecule has 4 nitrogen and oxygen atoms in total. The molecule has 3 atom stereocenters. The van der Waals surface area contributed by atoms with Crippen LogP contribution in [0.3, 0.4) is 0 Å². The summed E-state index contributed by atoms with van der Waals surface area (Å²) in [7, 11) is 0. The molecule has 0 spiro atoms. The Labute approximate surface area is 107 Å². The third-order valence-electron chi connectivity index (χ3n) is 3.93. The summed E-state index contributed by atoms with van der Waals surface area (Å²) in [4.78, 5) is 10.9. The van der Waals surface area contributed by atoms with Gasteiger partial charge in [-0.3, -0.25) is 0 Å². The van der Waals surface area contributed by atoms with Gasteiger partial charge in [-0.2, -0.15) is 0 Å². The van der Waals surface area contributed by atoms with Gasteiger partial charge in [0.15, 0.2) is 0 Å². The molecule has 1 aromatic rings. The Bertz CT molecular complexity index is 413. The van der Waals surface area contributed by atoms with Crippen molar-refractivity contribution in [2.24, 2.45) is 11.8 Å². The van der Waals surface area contributed by atoms with E-state index in [4.69, 9.17) is 9.52 Å². The maximum absolute atomic E-state index is 10.9. The predicted molar refractivity (Wildman–Crippen MR) is 68.5 cm³/mol. The van der Waals surface area contributed by atoms with Crippen LogP contribution in [-0.4, -0.2) is 17.1 Å². The molecule has 0 radical (unpaired) electrons. The van der Waals surface area contributed by atoms with E-state index >= 15 is 0 Å². The Balaban J connectivity index is 1.91. The number of hydrogen-bond donors (Lipinski definition) is 2. The molecule has 0 amide bonds. The topological polar surface area (TPSA) is 62.5 Å². The predicted octanol–water partition coefficient (Wildman–Crippen LogP) is 2.89. The van der Waals surface area contributed by atoms with Crippen molar-refractivity contribution in [3.8, 4) is 0 Å². The minimum absolute atomic E-state index is 0.0549. The molecule has 2 N–H and O–H groups in total. The molecule has 1 fully saturated rings. The Hall–Kier alpha value is -1.29. The summed E-state index contributed by atoms with van der Waals surface area (Å²) < 4.78 is 4.97. The molecule has 2 rings (SSSR count). The number of aromatic carboxylic acids is 1. The highest BCUT2D eigenvalue weighted by Crippen LogP contribution is 2.28. The first-order valence-corrected chi connectivity index (χ1v) is 6.61. The van der Waals surface area contributed by atoms with Crippen LogP contribution in [0.4, 0.5) is 0 Å². The van der Waals surface area contributed by atoms with Crippen LogP contribution >= 0.6 is 0 Å². The first kappa shape index (κ1) is 13.1. The number of carbonyl (C=O) groups is 1. The fourth-order valence-corrected chi connectivity index (χ4v) is 2.87. The molecular weight excluding hydrogens is 230 g/mol. The molecule has 0 aliphatic heterocycles. The molecular formula is C14H21NO3. The Kier molecular flexibility index (Phi) is 4.07. The van der Waals surface area contributed by atoms with Crippen molar-refractivity contribution in [3.63, 3.8) is 0 Å². The lowest BCUT2D eigenvalue weighted by Crippen LogP contribution is -2.38. The standard InChI is InChI=1S/C14H21NO3/c1-9-3-4-12(10(2)7-9)15-8-11-5-6-18-13(11)14(16)17/h5-6,9-10,12,15H,3-4,7-8H2,1-2H3,(H,16,17). The van der Waals surface area contributed by atoms with Crippen molar-refractivity contribution < 1.29 is 14.3 Å². The van der Waals surface area contributed by atoms with Crippen molar-refractivity contribution >= 4 is 5.97 Å². The van der Waals surface area contributed by atoms with Crippen LogP contribution in [0, 0.1) is 11.8 Å².